The lowest BCUT2D eigenvalue weighted by atomic mass is 9.67. The molecule has 134 valence electrons. The molecule has 1 aromatic carbocycles. The number of allylic oxidation sites excluding steroid dienone is 5. The van der Waals surface area contributed by atoms with E-state index >= 15 is 0 Å². The molecule has 4 rings (SSSR count). The number of fused-ring (bicyclic) bond motifs is 5. The summed E-state index contributed by atoms with van der Waals surface area (Å²) >= 11 is 0. The van der Waals surface area contributed by atoms with Gasteiger partial charge < -0.3 is 0 Å². The first-order valence-corrected chi connectivity index (χ1v) is 9.72. The van der Waals surface area contributed by atoms with Crippen LogP contribution in [0.25, 0.3) is 5.57 Å². The van der Waals surface area contributed by atoms with Crippen molar-refractivity contribution in [2.24, 2.45) is 10.4 Å². The molecule has 2 unspecified atom stereocenters. The Kier molecular flexibility index (Phi) is 3.60. The minimum absolute atomic E-state index is 0.0296. The molecule has 1 heteroatoms. The molecule has 2 atom stereocenters. The average Bonchev–Trinajstić information content (AvgIpc) is 2.88. The molecule has 3 aliphatic rings. The summed E-state index contributed by atoms with van der Waals surface area (Å²) in [6.45, 7) is 17.7. The molecule has 26 heavy (non-hydrogen) atoms. The standard InChI is InChI=1S/C25H29N/c1-8-17-14-19-18-13-15(3)12-16(4)21(18)20-10-11-25(20,9-2)26-23(19)22(17)24(5,6)7/h8,10-14,20H,1,9H2,2-7H3. The van der Waals surface area contributed by atoms with Gasteiger partial charge >= 0.3 is 0 Å². The monoisotopic (exact) mass is 343 g/mol. The number of hydrogen-bond acceptors (Lipinski definition) is 1. The van der Waals surface area contributed by atoms with Gasteiger partial charge in [-0.2, -0.15) is 0 Å². The van der Waals surface area contributed by atoms with Crippen LogP contribution in [-0.2, 0) is 0 Å². The molecule has 1 heterocycles. The van der Waals surface area contributed by atoms with Gasteiger partial charge in [0.1, 0.15) is 0 Å². The first-order chi connectivity index (χ1) is 12.2. The summed E-state index contributed by atoms with van der Waals surface area (Å²) in [5.41, 5.74) is 10.5. The second kappa shape index (κ2) is 5.42. The van der Waals surface area contributed by atoms with Crippen LogP contribution in [0.3, 0.4) is 0 Å². The van der Waals surface area contributed by atoms with Crippen molar-refractivity contribution in [3.63, 3.8) is 0 Å². The van der Waals surface area contributed by atoms with Crippen LogP contribution in [0, 0.1) is 19.3 Å². The summed E-state index contributed by atoms with van der Waals surface area (Å²) < 4.78 is 0. The third kappa shape index (κ3) is 2.19. The van der Waals surface area contributed by atoms with Crippen LogP contribution in [0.15, 0.2) is 59.2 Å². The van der Waals surface area contributed by atoms with Gasteiger partial charge in [0, 0.05) is 11.5 Å². The van der Waals surface area contributed by atoms with Gasteiger partial charge in [-0.1, -0.05) is 70.2 Å². The van der Waals surface area contributed by atoms with Gasteiger partial charge in [-0.3, -0.25) is 4.99 Å². The Morgan fingerprint density at radius 1 is 1.23 bits per heavy atom. The van der Waals surface area contributed by atoms with Gasteiger partial charge in [-0.05, 0) is 59.6 Å². The summed E-state index contributed by atoms with van der Waals surface area (Å²) in [5.74, 6) is 0.385. The fraction of sp³-hybridized carbons (Fsp3) is 0.400. The van der Waals surface area contributed by atoms with E-state index in [0.717, 1.165) is 6.42 Å². The quantitative estimate of drug-likeness (QED) is 0.544. The molecule has 0 N–H and O–H groups in total. The molecule has 0 fully saturated rings. The van der Waals surface area contributed by atoms with E-state index in [0.29, 0.717) is 5.92 Å². The van der Waals surface area contributed by atoms with E-state index in [2.05, 4.69) is 78.5 Å². The minimum Gasteiger partial charge on any atom is -0.273 e. The highest BCUT2D eigenvalue weighted by Gasteiger charge is 2.47. The Balaban J connectivity index is 2.08. The molecule has 0 saturated heterocycles. The van der Waals surface area contributed by atoms with Crippen LogP contribution < -0.4 is 0 Å². The van der Waals surface area contributed by atoms with E-state index in [4.69, 9.17) is 4.99 Å². The molecular formula is C25H29N. The number of benzene rings is 1. The first-order valence-electron chi connectivity index (χ1n) is 9.72. The fourth-order valence-corrected chi connectivity index (χ4v) is 4.95. The SMILES string of the molecule is C=CC1=C(C(C)(C)C)C2=NC3(CC)C=CC3c3c(C)cc(C)cc3C2=C1. The molecule has 2 aliphatic carbocycles. The molecule has 1 aliphatic heterocycles. The number of rotatable bonds is 2. The summed E-state index contributed by atoms with van der Waals surface area (Å²) in [5, 5.41) is 0. The number of hydrogen-bond donors (Lipinski definition) is 0. The molecule has 0 spiro atoms. The van der Waals surface area contributed by atoms with Gasteiger partial charge in [0.25, 0.3) is 0 Å². The van der Waals surface area contributed by atoms with Crippen molar-refractivity contribution in [2.45, 2.75) is 59.4 Å². The third-order valence-corrected chi connectivity index (χ3v) is 6.18. The smallest absolute Gasteiger partial charge is 0.0895 e. The molecule has 0 amide bonds. The zero-order valence-electron chi connectivity index (χ0n) is 16.9. The second-order valence-electron chi connectivity index (χ2n) is 9.03. The van der Waals surface area contributed by atoms with Gasteiger partial charge in [0.15, 0.2) is 0 Å². The van der Waals surface area contributed by atoms with Gasteiger partial charge in [0.05, 0.1) is 11.3 Å². The summed E-state index contributed by atoms with van der Waals surface area (Å²) in [6, 6.07) is 4.67. The lowest BCUT2D eigenvalue weighted by molar-refractivity contribution is 0.421. The Bertz CT molecular complexity index is 943. The highest BCUT2D eigenvalue weighted by Crippen LogP contribution is 2.53. The summed E-state index contributed by atoms with van der Waals surface area (Å²) in [4.78, 5) is 5.44. The predicted octanol–water partition coefficient (Wildman–Crippen LogP) is 6.49. The summed E-state index contributed by atoms with van der Waals surface area (Å²) in [6.07, 6.45) is 10.0. The number of aliphatic imine (C=N–C) groups is 1. The number of aryl methyl sites for hydroxylation is 2. The van der Waals surface area contributed by atoms with Crippen molar-refractivity contribution in [3.05, 3.63) is 76.4 Å². The third-order valence-electron chi connectivity index (χ3n) is 6.18. The van der Waals surface area contributed by atoms with Crippen molar-refractivity contribution in [2.75, 3.05) is 0 Å². The molecule has 1 aromatic rings. The molecule has 0 aromatic heterocycles. The first kappa shape index (κ1) is 17.3. The predicted molar refractivity (Wildman–Crippen MR) is 113 cm³/mol. The average molecular weight is 344 g/mol. The maximum Gasteiger partial charge on any atom is 0.0895 e. The van der Waals surface area contributed by atoms with Gasteiger partial charge in [-0.15, -0.1) is 0 Å². The van der Waals surface area contributed by atoms with E-state index in [9.17, 15) is 0 Å². The van der Waals surface area contributed by atoms with Crippen LogP contribution in [0.5, 0.6) is 0 Å². The van der Waals surface area contributed by atoms with E-state index in [-0.39, 0.29) is 11.0 Å². The second-order valence-corrected chi connectivity index (χ2v) is 9.03. The number of nitrogens with zero attached hydrogens (tertiary/aromatic N) is 1. The molecule has 0 bridgehead atoms. The zero-order chi connectivity index (χ0) is 18.9. The lowest BCUT2D eigenvalue weighted by Crippen LogP contribution is -2.38. The van der Waals surface area contributed by atoms with E-state index < -0.39 is 0 Å². The van der Waals surface area contributed by atoms with E-state index in [1.807, 2.05) is 6.08 Å². The molecule has 1 nitrogen and oxygen atoms in total. The highest BCUT2D eigenvalue weighted by atomic mass is 14.9. The fourth-order valence-electron chi connectivity index (χ4n) is 4.95. The summed E-state index contributed by atoms with van der Waals surface area (Å²) in [7, 11) is 0. The Labute approximate surface area is 157 Å². The van der Waals surface area contributed by atoms with Crippen LogP contribution in [0.1, 0.15) is 62.3 Å². The molecule has 0 saturated carbocycles. The lowest BCUT2D eigenvalue weighted by Gasteiger charge is -2.41. The van der Waals surface area contributed by atoms with Gasteiger partial charge in [0.2, 0.25) is 0 Å². The van der Waals surface area contributed by atoms with Crippen LogP contribution in [-0.4, -0.2) is 11.3 Å². The van der Waals surface area contributed by atoms with Crippen molar-refractivity contribution < 1.29 is 0 Å². The molecule has 0 radical (unpaired) electrons. The maximum atomic E-state index is 5.44. The Hall–Kier alpha value is -2.15. The molecular weight excluding hydrogens is 314 g/mol. The van der Waals surface area contributed by atoms with Crippen molar-refractivity contribution in [1.82, 2.24) is 0 Å². The topological polar surface area (TPSA) is 12.4 Å². The Morgan fingerprint density at radius 2 is 1.96 bits per heavy atom. The highest BCUT2D eigenvalue weighted by molar-refractivity contribution is 6.36. The van der Waals surface area contributed by atoms with Crippen molar-refractivity contribution in [1.29, 1.82) is 0 Å². The van der Waals surface area contributed by atoms with Crippen LogP contribution in [0.4, 0.5) is 0 Å². The largest absolute Gasteiger partial charge is 0.273 e. The van der Waals surface area contributed by atoms with Crippen molar-refractivity contribution >= 4 is 11.3 Å². The Morgan fingerprint density at radius 3 is 2.50 bits per heavy atom. The van der Waals surface area contributed by atoms with Crippen LogP contribution in [0.2, 0.25) is 0 Å². The van der Waals surface area contributed by atoms with Gasteiger partial charge in [-0.25, -0.2) is 0 Å². The van der Waals surface area contributed by atoms with Crippen LogP contribution >= 0.6 is 0 Å². The van der Waals surface area contributed by atoms with Crippen molar-refractivity contribution in [3.8, 4) is 0 Å². The van der Waals surface area contributed by atoms with E-state index in [1.54, 1.807) is 0 Å². The van der Waals surface area contributed by atoms with E-state index in [1.165, 1.54) is 44.7 Å². The maximum absolute atomic E-state index is 5.44. The zero-order valence-corrected chi connectivity index (χ0v) is 16.9. The normalized spacial score (nSPS) is 26.3. The minimum atomic E-state index is -0.104.